The Bertz CT molecular complexity index is 1510. The van der Waals surface area contributed by atoms with Gasteiger partial charge in [0.15, 0.2) is 12.4 Å². The summed E-state index contributed by atoms with van der Waals surface area (Å²) in [7, 11) is 0. The van der Waals surface area contributed by atoms with Crippen LogP contribution in [0.1, 0.15) is 31.8 Å². The quantitative estimate of drug-likeness (QED) is 0.220. The van der Waals surface area contributed by atoms with E-state index in [1.165, 1.54) is 6.07 Å². The summed E-state index contributed by atoms with van der Waals surface area (Å²) in [5.41, 5.74) is 5.22. The van der Waals surface area contributed by atoms with E-state index in [2.05, 4.69) is 26.8 Å². The van der Waals surface area contributed by atoms with Gasteiger partial charge < -0.3 is 9.15 Å². The summed E-state index contributed by atoms with van der Waals surface area (Å²) in [4.78, 5) is 49.8. The Morgan fingerprint density at radius 2 is 1.71 bits per heavy atom. The van der Waals surface area contributed by atoms with Crippen molar-refractivity contribution in [3.8, 4) is 5.75 Å². The number of carbonyl (C=O) groups excluding carboxylic acids is 3. The summed E-state index contributed by atoms with van der Waals surface area (Å²) in [5, 5.41) is 0.564. The summed E-state index contributed by atoms with van der Waals surface area (Å²) < 4.78 is 11.5. The van der Waals surface area contributed by atoms with Gasteiger partial charge in [0, 0.05) is 15.4 Å². The zero-order valence-electron chi connectivity index (χ0n) is 18.5. The van der Waals surface area contributed by atoms with Crippen molar-refractivity contribution in [2.75, 3.05) is 6.61 Å². The molecule has 8 nitrogen and oxygen atoms in total. The first-order valence-electron chi connectivity index (χ1n) is 10.5. The number of carbonyl (C=O) groups is 3. The van der Waals surface area contributed by atoms with Crippen molar-refractivity contribution in [3.63, 3.8) is 0 Å². The van der Waals surface area contributed by atoms with Crippen LogP contribution in [0.5, 0.6) is 5.75 Å². The number of para-hydroxylation sites is 1. The number of nitrogens with one attached hydrogen (secondary N) is 2. The van der Waals surface area contributed by atoms with Crippen molar-refractivity contribution in [2.45, 2.75) is 6.92 Å². The lowest BCUT2D eigenvalue weighted by Crippen LogP contribution is -2.45. The number of amides is 2. The molecule has 2 amide bonds. The first-order chi connectivity index (χ1) is 16.8. The van der Waals surface area contributed by atoms with Crippen LogP contribution in [0.3, 0.4) is 0 Å². The third kappa shape index (κ3) is 5.64. The lowest BCUT2D eigenvalue weighted by atomic mass is 10.0. The highest BCUT2D eigenvalue weighted by Gasteiger charge is 2.18. The second-order valence-electron chi connectivity index (χ2n) is 7.62. The van der Waals surface area contributed by atoms with Gasteiger partial charge in [0.25, 0.3) is 11.8 Å². The van der Waals surface area contributed by atoms with Crippen LogP contribution in [-0.2, 0) is 4.79 Å². The molecule has 0 atom stereocenters. The number of rotatable bonds is 6. The standard InChI is InChI=1S/C26H19BrN2O6/c1-15-9-10-22(19(11-15)24(31)17-6-4-7-18(27)12-17)34-14-23(30)28-29-25(32)20-13-16-5-2-3-8-21(16)35-26(20)33/h2-13H,14H2,1H3,(H,28,30)(H,29,32). The third-order valence-corrected chi connectivity index (χ3v) is 5.52. The maximum atomic E-state index is 13.0. The molecule has 1 aromatic heterocycles. The summed E-state index contributed by atoms with van der Waals surface area (Å²) in [5.74, 6) is -1.57. The topological polar surface area (TPSA) is 115 Å². The van der Waals surface area contributed by atoms with Gasteiger partial charge in [-0.05, 0) is 43.3 Å². The molecule has 0 unspecified atom stereocenters. The molecule has 9 heteroatoms. The minimum atomic E-state index is -0.835. The van der Waals surface area contributed by atoms with Crippen molar-refractivity contribution < 1.29 is 23.5 Å². The number of ether oxygens (including phenoxy) is 1. The normalized spacial score (nSPS) is 10.6. The molecule has 0 aliphatic heterocycles. The molecular weight excluding hydrogens is 516 g/mol. The van der Waals surface area contributed by atoms with Crippen molar-refractivity contribution in [3.05, 3.63) is 110 Å². The van der Waals surface area contributed by atoms with Gasteiger partial charge in [0.1, 0.15) is 16.9 Å². The average molecular weight is 535 g/mol. The predicted molar refractivity (Wildman–Crippen MR) is 132 cm³/mol. The van der Waals surface area contributed by atoms with Crippen molar-refractivity contribution in [1.82, 2.24) is 10.9 Å². The van der Waals surface area contributed by atoms with Crippen LogP contribution >= 0.6 is 15.9 Å². The maximum Gasteiger partial charge on any atom is 0.349 e. The monoisotopic (exact) mass is 534 g/mol. The highest BCUT2D eigenvalue weighted by atomic mass is 79.9. The van der Waals surface area contributed by atoms with Crippen molar-refractivity contribution in [2.24, 2.45) is 0 Å². The fourth-order valence-electron chi connectivity index (χ4n) is 3.33. The lowest BCUT2D eigenvalue weighted by Gasteiger charge is -2.12. The second-order valence-corrected chi connectivity index (χ2v) is 8.53. The zero-order chi connectivity index (χ0) is 24.9. The molecule has 0 radical (unpaired) electrons. The molecule has 0 saturated carbocycles. The van der Waals surface area contributed by atoms with E-state index in [4.69, 9.17) is 9.15 Å². The van der Waals surface area contributed by atoms with E-state index in [0.717, 1.165) is 10.0 Å². The molecule has 0 spiro atoms. The van der Waals surface area contributed by atoms with E-state index in [-0.39, 0.29) is 17.1 Å². The number of hydrogen-bond donors (Lipinski definition) is 2. The number of benzene rings is 3. The number of hydrogen-bond acceptors (Lipinski definition) is 6. The fourth-order valence-corrected chi connectivity index (χ4v) is 3.73. The largest absolute Gasteiger partial charge is 0.483 e. The van der Waals surface area contributed by atoms with Crippen LogP contribution in [-0.4, -0.2) is 24.2 Å². The first kappa shape index (κ1) is 23.9. The molecule has 35 heavy (non-hydrogen) atoms. The Labute approximate surface area is 208 Å². The highest BCUT2D eigenvalue weighted by Crippen LogP contribution is 2.24. The summed E-state index contributed by atoms with van der Waals surface area (Å²) in [6.07, 6.45) is 0. The molecule has 0 fully saturated rings. The van der Waals surface area contributed by atoms with Crippen LogP contribution in [0.4, 0.5) is 0 Å². The molecular formula is C26H19BrN2O6. The Balaban J connectivity index is 1.41. The minimum Gasteiger partial charge on any atom is -0.483 e. The molecule has 0 aliphatic rings. The molecule has 1 heterocycles. The lowest BCUT2D eigenvalue weighted by molar-refractivity contribution is -0.123. The van der Waals surface area contributed by atoms with E-state index >= 15 is 0 Å². The van der Waals surface area contributed by atoms with Crippen LogP contribution in [0.15, 0.2) is 86.5 Å². The smallest absolute Gasteiger partial charge is 0.349 e. The van der Waals surface area contributed by atoms with Gasteiger partial charge in [-0.1, -0.05) is 57.9 Å². The maximum absolute atomic E-state index is 13.0. The van der Waals surface area contributed by atoms with E-state index in [0.29, 0.717) is 22.1 Å². The highest BCUT2D eigenvalue weighted by molar-refractivity contribution is 9.10. The summed E-state index contributed by atoms with van der Waals surface area (Å²) in [6, 6.07) is 20.1. The molecule has 4 rings (SSSR count). The van der Waals surface area contributed by atoms with Crippen LogP contribution < -0.4 is 21.2 Å². The average Bonchev–Trinajstić information content (AvgIpc) is 2.85. The van der Waals surface area contributed by atoms with Crippen LogP contribution in [0.25, 0.3) is 11.0 Å². The van der Waals surface area contributed by atoms with E-state index < -0.39 is 24.0 Å². The SMILES string of the molecule is Cc1ccc(OCC(=O)NNC(=O)c2cc3ccccc3oc2=O)c(C(=O)c2cccc(Br)c2)c1. The molecule has 4 aromatic rings. The molecule has 2 N–H and O–H groups in total. The van der Waals surface area contributed by atoms with Gasteiger partial charge in [-0.2, -0.15) is 0 Å². The summed E-state index contributed by atoms with van der Waals surface area (Å²) >= 11 is 3.35. The van der Waals surface area contributed by atoms with Gasteiger partial charge in [-0.3, -0.25) is 25.2 Å². The van der Waals surface area contributed by atoms with Crippen molar-refractivity contribution in [1.29, 1.82) is 0 Å². The number of ketones is 1. The van der Waals surface area contributed by atoms with Gasteiger partial charge >= 0.3 is 5.63 Å². The number of fused-ring (bicyclic) bond motifs is 1. The van der Waals surface area contributed by atoms with E-state index in [1.807, 2.05) is 13.0 Å². The summed E-state index contributed by atoms with van der Waals surface area (Å²) in [6.45, 7) is 1.36. The Morgan fingerprint density at radius 1 is 0.914 bits per heavy atom. The van der Waals surface area contributed by atoms with Crippen molar-refractivity contribution >= 4 is 44.5 Å². The molecule has 0 aliphatic carbocycles. The first-order valence-corrected chi connectivity index (χ1v) is 11.3. The molecule has 0 saturated heterocycles. The van der Waals surface area contributed by atoms with Gasteiger partial charge in [-0.25, -0.2) is 4.79 Å². The molecule has 0 bridgehead atoms. The van der Waals surface area contributed by atoms with Crippen LogP contribution in [0, 0.1) is 6.92 Å². The third-order valence-electron chi connectivity index (χ3n) is 5.03. The Hall–Kier alpha value is -4.24. The van der Waals surface area contributed by atoms with E-state index in [9.17, 15) is 19.2 Å². The van der Waals surface area contributed by atoms with Crippen LogP contribution in [0.2, 0.25) is 0 Å². The van der Waals surface area contributed by atoms with Gasteiger partial charge in [-0.15, -0.1) is 0 Å². The second kappa shape index (κ2) is 10.4. The fraction of sp³-hybridized carbons (Fsp3) is 0.0769. The Kier molecular flexibility index (Phi) is 7.07. The van der Waals surface area contributed by atoms with Gasteiger partial charge in [0.2, 0.25) is 0 Å². The number of aryl methyl sites for hydroxylation is 1. The predicted octanol–water partition coefficient (Wildman–Crippen LogP) is 3.93. The Morgan fingerprint density at radius 3 is 2.51 bits per heavy atom. The molecule has 3 aromatic carbocycles. The number of hydrazine groups is 1. The zero-order valence-corrected chi connectivity index (χ0v) is 20.0. The van der Waals surface area contributed by atoms with E-state index in [1.54, 1.807) is 60.7 Å². The minimum absolute atomic E-state index is 0.220. The molecule has 176 valence electrons. The number of halogens is 1. The van der Waals surface area contributed by atoms with Gasteiger partial charge in [0.05, 0.1) is 5.56 Å².